The number of aromatic nitrogens is 3. The molecule has 1 aliphatic rings. The molecule has 7 rings (SSSR count). The zero-order chi connectivity index (χ0) is 31.3. The molecule has 0 N–H and O–H groups in total. The molecule has 46 heavy (non-hydrogen) atoms. The number of benzene rings is 3. The van der Waals surface area contributed by atoms with E-state index in [0.29, 0.717) is 5.82 Å². The fraction of sp³-hybridized carbons (Fsp3) is 0.0930. The summed E-state index contributed by atoms with van der Waals surface area (Å²) in [6.45, 7) is 4.28. The Balaban J connectivity index is 1.43. The van der Waals surface area contributed by atoms with Crippen molar-refractivity contribution in [1.29, 1.82) is 0 Å². The Morgan fingerprint density at radius 3 is 2.13 bits per heavy atom. The van der Waals surface area contributed by atoms with Crippen LogP contribution in [0.4, 0.5) is 0 Å². The van der Waals surface area contributed by atoms with Crippen LogP contribution in [-0.4, -0.2) is 15.0 Å². The molecule has 0 amide bonds. The first-order valence-corrected chi connectivity index (χ1v) is 15.8. The largest absolute Gasteiger partial charge is 0.264 e. The number of allylic oxidation sites excluding steroid dienone is 4. The molecular formula is C43H35N3. The first-order chi connectivity index (χ1) is 22.6. The number of pyridine rings is 1. The first-order valence-electron chi connectivity index (χ1n) is 15.8. The van der Waals surface area contributed by atoms with Crippen LogP contribution in [0.2, 0.25) is 0 Å². The van der Waals surface area contributed by atoms with Crippen LogP contribution < -0.4 is 0 Å². The van der Waals surface area contributed by atoms with Gasteiger partial charge in [-0.2, -0.15) is 0 Å². The van der Waals surface area contributed by atoms with Gasteiger partial charge in [0, 0.05) is 40.8 Å². The smallest absolute Gasteiger partial charge is 0.160 e. The minimum Gasteiger partial charge on any atom is -0.264 e. The van der Waals surface area contributed by atoms with Gasteiger partial charge in [0.15, 0.2) is 5.82 Å². The van der Waals surface area contributed by atoms with Gasteiger partial charge in [0.25, 0.3) is 0 Å². The van der Waals surface area contributed by atoms with Crippen molar-refractivity contribution in [3.8, 4) is 44.9 Å². The zero-order valence-corrected chi connectivity index (χ0v) is 26.2. The van der Waals surface area contributed by atoms with Crippen molar-refractivity contribution in [2.45, 2.75) is 26.7 Å². The van der Waals surface area contributed by atoms with Gasteiger partial charge >= 0.3 is 0 Å². The summed E-state index contributed by atoms with van der Waals surface area (Å²) >= 11 is 0. The molecule has 0 atom stereocenters. The van der Waals surface area contributed by atoms with Gasteiger partial charge in [0.1, 0.15) is 0 Å². The summed E-state index contributed by atoms with van der Waals surface area (Å²) in [5.74, 6) is 0.698. The van der Waals surface area contributed by atoms with Crippen molar-refractivity contribution >= 4 is 16.3 Å². The lowest BCUT2D eigenvalue weighted by atomic mass is 9.95. The van der Waals surface area contributed by atoms with E-state index in [0.717, 1.165) is 62.9 Å². The SMILES string of the molecule is Cc1ccccc(C)c2ccccc2cc1-c1ncc(-c2cccc(-c3cccnc3)c2)c(-c2ccc(C3=CCCC=C3)cc2)n1. The van der Waals surface area contributed by atoms with Crippen molar-refractivity contribution in [2.24, 2.45) is 0 Å². The van der Waals surface area contributed by atoms with E-state index in [1.54, 1.807) is 6.20 Å². The highest BCUT2D eigenvalue weighted by Gasteiger charge is 2.15. The van der Waals surface area contributed by atoms with Crippen molar-refractivity contribution in [3.63, 3.8) is 0 Å². The minimum absolute atomic E-state index is 0.698. The van der Waals surface area contributed by atoms with Crippen LogP contribution in [0.1, 0.15) is 29.5 Å². The molecule has 0 unspecified atom stereocenters. The molecule has 2 aromatic heterocycles. The Labute approximate surface area is 271 Å². The van der Waals surface area contributed by atoms with Crippen molar-refractivity contribution in [3.05, 3.63) is 169 Å². The van der Waals surface area contributed by atoms with Gasteiger partial charge in [-0.3, -0.25) is 4.98 Å². The minimum atomic E-state index is 0.698. The molecule has 0 radical (unpaired) electrons. The summed E-state index contributed by atoms with van der Waals surface area (Å²) in [7, 11) is 0. The van der Waals surface area contributed by atoms with Crippen LogP contribution in [0.15, 0.2) is 152 Å². The van der Waals surface area contributed by atoms with Crippen LogP contribution >= 0.6 is 0 Å². The normalized spacial score (nSPS) is 12.4. The van der Waals surface area contributed by atoms with E-state index < -0.39 is 0 Å². The highest BCUT2D eigenvalue weighted by molar-refractivity contribution is 5.88. The maximum Gasteiger partial charge on any atom is 0.160 e. The molecule has 0 saturated carbocycles. The average Bonchev–Trinajstić information content (AvgIpc) is 3.13. The fourth-order valence-corrected chi connectivity index (χ4v) is 6.06. The molecule has 2 heterocycles. The van der Waals surface area contributed by atoms with Gasteiger partial charge in [0.05, 0.1) is 5.69 Å². The lowest BCUT2D eigenvalue weighted by Crippen LogP contribution is -1.97. The lowest BCUT2D eigenvalue weighted by Gasteiger charge is -2.14. The molecule has 6 aromatic rings. The second-order valence-electron chi connectivity index (χ2n) is 11.7. The molecule has 0 spiro atoms. The van der Waals surface area contributed by atoms with E-state index in [2.05, 4.69) is 146 Å². The molecule has 1 aliphatic carbocycles. The standard InChI is InChI=1S/C43H35N3/c1-30-12-6-7-13-31(2)40(27-37-16-8-9-20-39(30)37)43-45-29-41(36-18-10-17-35(26-36)38-19-11-25-44-28-38)42(46-43)34-23-21-33(22-24-34)32-14-4-3-5-15-32/h4,6-29H,3,5H2,1-2H3. The molecule has 0 saturated heterocycles. The molecule has 3 nitrogen and oxygen atoms in total. The second-order valence-corrected chi connectivity index (χ2v) is 11.7. The molecule has 0 fully saturated rings. The summed E-state index contributed by atoms with van der Waals surface area (Å²) < 4.78 is 0. The van der Waals surface area contributed by atoms with Crippen LogP contribution in [0, 0.1) is 13.8 Å². The monoisotopic (exact) mass is 593 g/mol. The van der Waals surface area contributed by atoms with Gasteiger partial charge in [-0.1, -0.05) is 115 Å². The van der Waals surface area contributed by atoms with Gasteiger partial charge in [-0.05, 0) is 89.1 Å². The van der Waals surface area contributed by atoms with Crippen LogP contribution in [0.25, 0.3) is 61.2 Å². The molecule has 0 aliphatic heterocycles. The van der Waals surface area contributed by atoms with Crippen LogP contribution in [0.5, 0.6) is 0 Å². The predicted octanol–water partition coefficient (Wildman–Crippen LogP) is 11.2. The maximum absolute atomic E-state index is 5.36. The first kappa shape index (κ1) is 29.1. The average molecular weight is 594 g/mol. The second kappa shape index (κ2) is 13.1. The Hall–Kier alpha value is -5.67. The zero-order valence-electron chi connectivity index (χ0n) is 26.2. The Bertz CT molecular complexity index is 2160. The Kier molecular flexibility index (Phi) is 8.30. The fourth-order valence-electron chi connectivity index (χ4n) is 6.06. The number of hydrogen-bond donors (Lipinski definition) is 0. The lowest BCUT2D eigenvalue weighted by molar-refractivity contribution is 1.04. The Morgan fingerprint density at radius 2 is 1.33 bits per heavy atom. The maximum atomic E-state index is 5.36. The number of hydrogen-bond acceptors (Lipinski definition) is 3. The third-order valence-corrected chi connectivity index (χ3v) is 8.60. The summed E-state index contributed by atoms with van der Waals surface area (Å²) in [5.41, 5.74) is 12.0. The summed E-state index contributed by atoms with van der Waals surface area (Å²) in [6.07, 6.45) is 14.7. The molecule has 0 bridgehead atoms. The van der Waals surface area contributed by atoms with E-state index in [1.807, 2.05) is 18.5 Å². The van der Waals surface area contributed by atoms with E-state index >= 15 is 0 Å². The molecular weight excluding hydrogens is 558 g/mol. The van der Waals surface area contributed by atoms with Gasteiger partial charge < -0.3 is 0 Å². The quantitative estimate of drug-likeness (QED) is 0.200. The number of nitrogens with zero attached hydrogens (tertiary/aromatic N) is 3. The molecule has 3 heteroatoms. The van der Waals surface area contributed by atoms with Crippen LogP contribution in [-0.2, 0) is 0 Å². The third kappa shape index (κ3) is 6.13. The molecule has 222 valence electrons. The summed E-state index contributed by atoms with van der Waals surface area (Å²) in [5, 5.41) is 2.34. The molecule has 4 aromatic carbocycles. The van der Waals surface area contributed by atoms with Gasteiger partial charge in [-0.15, -0.1) is 0 Å². The Morgan fingerprint density at radius 1 is 0.565 bits per heavy atom. The topological polar surface area (TPSA) is 38.7 Å². The summed E-state index contributed by atoms with van der Waals surface area (Å²) in [6, 6.07) is 40.6. The highest BCUT2D eigenvalue weighted by atomic mass is 14.9. The van der Waals surface area contributed by atoms with Crippen molar-refractivity contribution in [1.82, 2.24) is 15.0 Å². The van der Waals surface area contributed by atoms with E-state index in [9.17, 15) is 0 Å². The third-order valence-electron chi connectivity index (χ3n) is 8.60. The van der Waals surface area contributed by atoms with Crippen LogP contribution in [0.3, 0.4) is 0 Å². The van der Waals surface area contributed by atoms with E-state index in [1.165, 1.54) is 22.1 Å². The number of aryl methyl sites for hydroxylation is 2. The van der Waals surface area contributed by atoms with Crippen molar-refractivity contribution < 1.29 is 0 Å². The van der Waals surface area contributed by atoms with E-state index in [-0.39, 0.29) is 0 Å². The number of rotatable bonds is 5. The van der Waals surface area contributed by atoms with E-state index in [4.69, 9.17) is 9.97 Å². The van der Waals surface area contributed by atoms with Gasteiger partial charge in [-0.25, -0.2) is 9.97 Å². The van der Waals surface area contributed by atoms with Gasteiger partial charge in [0.2, 0.25) is 0 Å². The predicted molar refractivity (Wildman–Crippen MR) is 193 cm³/mol. The highest BCUT2D eigenvalue weighted by Crippen LogP contribution is 2.35. The summed E-state index contributed by atoms with van der Waals surface area (Å²) in [4.78, 5) is 14.7. The number of fused-ring (bicyclic) bond motifs is 1. The van der Waals surface area contributed by atoms with Crippen molar-refractivity contribution in [2.75, 3.05) is 0 Å².